The molecule has 0 amide bonds. The maximum absolute atomic E-state index is 11.4. The number of aliphatic hydroxyl groups is 1. The predicted octanol–water partition coefficient (Wildman–Crippen LogP) is 4.18. The summed E-state index contributed by atoms with van der Waals surface area (Å²) in [6.45, 7) is 0. The molecule has 1 nitrogen and oxygen atoms in total. The van der Waals surface area contributed by atoms with Crippen LogP contribution in [0.3, 0.4) is 0 Å². The summed E-state index contributed by atoms with van der Waals surface area (Å²) in [6.07, 6.45) is 6.78. The third kappa shape index (κ3) is 1.75. The van der Waals surface area contributed by atoms with Crippen LogP contribution in [0.25, 0.3) is 10.8 Å². The van der Waals surface area contributed by atoms with Crippen molar-refractivity contribution in [2.45, 2.75) is 54.6 Å². The summed E-state index contributed by atoms with van der Waals surface area (Å²) in [7, 11) is 0. The highest BCUT2D eigenvalue weighted by atomic mass is 32.2. The first-order chi connectivity index (χ1) is 10.2. The highest BCUT2D eigenvalue weighted by Gasteiger charge is 2.45. The molecule has 108 valence electrons. The van der Waals surface area contributed by atoms with Gasteiger partial charge in [0.25, 0.3) is 0 Å². The Morgan fingerprint density at radius 3 is 2.43 bits per heavy atom. The molecule has 2 bridgehead atoms. The zero-order valence-corrected chi connectivity index (χ0v) is 13.0. The maximum Gasteiger partial charge on any atom is 0.0923 e. The lowest BCUT2D eigenvalue weighted by Crippen LogP contribution is -2.34. The van der Waals surface area contributed by atoms with Crippen molar-refractivity contribution in [3.05, 3.63) is 47.0 Å². The van der Waals surface area contributed by atoms with Crippen molar-refractivity contribution < 1.29 is 5.11 Å². The third-order valence-corrected chi connectivity index (χ3v) is 7.28. The van der Waals surface area contributed by atoms with E-state index in [-0.39, 0.29) is 0 Å². The van der Waals surface area contributed by atoms with E-state index >= 15 is 0 Å². The maximum atomic E-state index is 11.4. The van der Waals surface area contributed by atoms with Gasteiger partial charge in [-0.15, -0.1) is 0 Å². The molecule has 2 aromatic carbocycles. The molecule has 2 aliphatic heterocycles. The Bertz CT molecular complexity index is 713. The van der Waals surface area contributed by atoms with Crippen LogP contribution in [0.2, 0.25) is 0 Å². The fraction of sp³-hybridized carbons (Fsp3) is 0.474. The second-order valence-corrected chi connectivity index (χ2v) is 8.61. The van der Waals surface area contributed by atoms with Gasteiger partial charge in [0.15, 0.2) is 0 Å². The monoisotopic (exact) mass is 296 g/mol. The second-order valence-electron chi connectivity index (χ2n) is 7.01. The van der Waals surface area contributed by atoms with Gasteiger partial charge >= 0.3 is 0 Å². The second kappa shape index (κ2) is 4.27. The van der Waals surface area contributed by atoms with Crippen LogP contribution in [0.4, 0.5) is 0 Å². The largest absolute Gasteiger partial charge is 0.385 e. The summed E-state index contributed by atoms with van der Waals surface area (Å²) in [4.78, 5) is 0. The van der Waals surface area contributed by atoms with E-state index in [0.29, 0.717) is 10.5 Å². The number of hydrogen-bond acceptors (Lipinski definition) is 2. The summed E-state index contributed by atoms with van der Waals surface area (Å²) in [5, 5.41) is 15.5. The van der Waals surface area contributed by atoms with E-state index in [9.17, 15) is 5.11 Å². The molecule has 2 atom stereocenters. The molecular weight excluding hydrogens is 276 g/mol. The SMILES string of the molecule is OC1(c2ccc3c4c(cccc24)CC3)CC2CCC(C1)S2. The number of aryl methyl sites for hydroxylation is 2. The van der Waals surface area contributed by atoms with Crippen LogP contribution in [0.15, 0.2) is 30.3 Å². The smallest absolute Gasteiger partial charge is 0.0923 e. The van der Waals surface area contributed by atoms with Gasteiger partial charge in [0.2, 0.25) is 0 Å². The van der Waals surface area contributed by atoms with Crippen LogP contribution in [-0.4, -0.2) is 15.6 Å². The number of rotatable bonds is 1. The quantitative estimate of drug-likeness (QED) is 0.851. The van der Waals surface area contributed by atoms with Crippen LogP contribution in [0.5, 0.6) is 0 Å². The summed E-state index contributed by atoms with van der Waals surface area (Å²) >= 11 is 2.11. The highest BCUT2D eigenvalue weighted by Crippen LogP contribution is 2.52. The average Bonchev–Trinajstić information content (AvgIpc) is 3.05. The molecule has 2 heteroatoms. The summed E-state index contributed by atoms with van der Waals surface area (Å²) < 4.78 is 0. The Balaban J connectivity index is 1.72. The molecule has 0 spiro atoms. The lowest BCUT2D eigenvalue weighted by molar-refractivity contribution is 0.0211. The molecule has 2 heterocycles. The molecule has 2 unspecified atom stereocenters. The lowest BCUT2D eigenvalue weighted by atomic mass is 9.82. The van der Waals surface area contributed by atoms with Gasteiger partial charge in [0.1, 0.15) is 0 Å². The van der Waals surface area contributed by atoms with Crippen LogP contribution in [0.1, 0.15) is 42.4 Å². The van der Waals surface area contributed by atoms with Gasteiger partial charge in [0, 0.05) is 10.5 Å². The normalized spacial score (nSPS) is 33.8. The van der Waals surface area contributed by atoms with Crippen molar-refractivity contribution in [2.75, 3.05) is 0 Å². The minimum atomic E-state index is -0.600. The van der Waals surface area contributed by atoms with E-state index < -0.39 is 5.60 Å². The Labute approximate surface area is 129 Å². The lowest BCUT2D eigenvalue weighted by Gasteiger charge is -2.37. The molecule has 2 saturated heterocycles. The summed E-state index contributed by atoms with van der Waals surface area (Å²) in [5.41, 5.74) is 3.54. The fourth-order valence-corrected chi connectivity index (χ4v) is 6.62. The van der Waals surface area contributed by atoms with Crippen LogP contribution < -0.4 is 0 Å². The van der Waals surface area contributed by atoms with Crippen molar-refractivity contribution in [1.29, 1.82) is 0 Å². The van der Waals surface area contributed by atoms with Crippen LogP contribution in [-0.2, 0) is 18.4 Å². The standard InChI is InChI=1S/C19H20OS/c20-19(10-14-7-8-15(11-19)21-14)17-9-6-13-5-4-12-2-1-3-16(17)18(12)13/h1-3,6,9,14-15,20H,4-5,7-8,10-11H2. The molecule has 1 N–H and O–H groups in total. The molecule has 21 heavy (non-hydrogen) atoms. The topological polar surface area (TPSA) is 20.2 Å². The van der Waals surface area contributed by atoms with Gasteiger partial charge in [-0.1, -0.05) is 30.3 Å². The molecular formula is C19H20OS. The zero-order chi connectivity index (χ0) is 14.0. The molecule has 2 fully saturated rings. The molecule has 0 aromatic heterocycles. The average molecular weight is 296 g/mol. The Morgan fingerprint density at radius 2 is 1.67 bits per heavy atom. The number of thioether (sulfide) groups is 1. The van der Waals surface area contributed by atoms with Crippen LogP contribution in [0, 0.1) is 0 Å². The van der Waals surface area contributed by atoms with E-state index in [0.717, 1.165) is 25.7 Å². The molecule has 1 aliphatic carbocycles. The first-order valence-corrected chi connectivity index (χ1v) is 9.09. The number of hydrogen-bond donors (Lipinski definition) is 1. The van der Waals surface area contributed by atoms with Gasteiger partial charge in [0.05, 0.1) is 5.60 Å². The minimum absolute atomic E-state index is 0.600. The van der Waals surface area contributed by atoms with Crippen LogP contribution >= 0.6 is 11.8 Å². The Kier molecular flexibility index (Phi) is 2.55. The van der Waals surface area contributed by atoms with E-state index in [1.807, 2.05) is 0 Å². The Hall–Kier alpha value is -0.990. The zero-order valence-electron chi connectivity index (χ0n) is 12.1. The minimum Gasteiger partial charge on any atom is -0.385 e. The van der Waals surface area contributed by atoms with Crippen molar-refractivity contribution in [3.63, 3.8) is 0 Å². The first-order valence-electron chi connectivity index (χ1n) is 8.15. The summed E-state index contributed by atoms with van der Waals surface area (Å²) in [5.74, 6) is 0. The van der Waals surface area contributed by atoms with E-state index in [1.54, 1.807) is 0 Å². The predicted molar refractivity (Wildman–Crippen MR) is 88.9 cm³/mol. The van der Waals surface area contributed by atoms with Gasteiger partial charge < -0.3 is 5.11 Å². The van der Waals surface area contributed by atoms with Gasteiger partial charge in [-0.3, -0.25) is 0 Å². The highest BCUT2D eigenvalue weighted by molar-refractivity contribution is 8.00. The van der Waals surface area contributed by atoms with Crippen molar-refractivity contribution in [3.8, 4) is 0 Å². The van der Waals surface area contributed by atoms with E-state index in [2.05, 4.69) is 42.1 Å². The summed E-state index contributed by atoms with van der Waals surface area (Å²) in [6, 6.07) is 11.2. The van der Waals surface area contributed by atoms with Gasteiger partial charge in [-0.25, -0.2) is 0 Å². The molecule has 5 rings (SSSR count). The van der Waals surface area contributed by atoms with Gasteiger partial charge in [-0.05, 0) is 66.0 Å². The molecule has 3 aliphatic rings. The van der Waals surface area contributed by atoms with Gasteiger partial charge in [-0.2, -0.15) is 11.8 Å². The van der Waals surface area contributed by atoms with Crippen molar-refractivity contribution >= 4 is 22.5 Å². The van der Waals surface area contributed by atoms with E-state index in [4.69, 9.17) is 0 Å². The molecule has 0 radical (unpaired) electrons. The van der Waals surface area contributed by atoms with Crippen molar-refractivity contribution in [1.82, 2.24) is 0 Å². The van der Waals surface area contributed by atoms with Crippen molar-refractivity contribution in [2.24, 2.45) is 0 Å². The first kappa shape index (κ1) is 12.5. The Morgan fingerprint density at radius 1 is 0.952 bits per heavy atom. The molecule has 2 aromatic rings. The fourth-order valence-electron chi connectivity index (χ4n) is 4.79. The number of fused-ring (bicyclic) bond motifs is 2. The third-order valence-electron chi connectivity index (χ3n) is 5.70. The van der Waals surface area contributed by atoms with E-state index in [1.165, 1.54) is 40.3 Å². The number of benzene rings is 2. The molecule has 0 saturated carbocycles.